The quantitative estimate of drug-likeness (QED) is 0.804. The average molecular weight is 242 g/mol. The molecule has 1 atom stereocenters. The Kier molecular flexibility index (Phi) is 4.80. The van der Waals surface area contributed by atoms with Crippen molar-refractivity contribution in [1.29, 1.82) is 0 Å². The first-order chi connectivity index (χ1) is 7.79. The van der Waals surface area contributed by atoms with E-state index in [0.29, 0.717) is 12.6 Å². The van der Waals surface area contributed by atoms with E-state index < -0.39 is 5.60 Å². The highest BCUT2D eigenvalue weighted by molar-refractivity contribution is 5.67. The Morgan fingerprint density at radius 2 is 2.06 bits per heavy atom. The molecule has 0 spiro atoms. The molecule has 1 amide bonds. The van der Waals surface area contributed by atoms with Crippen molar-refractivity contribution in [2.75, 3.05) is 20.1 Å². The van der Waals surface area contributed by atoms with Crippen LogP contribution in [0.2, 0.25) is 0 Å². The van der Waals surface area contributed by atoms with Crippen molar-refractivity contribution in [2.45, 2.75) is 52.2 Å². The molecule has 1 fully saturated rings. The third-order valence-electron chi connectivity index (χ3n) is 2.95. The predicted molar refractivity (Wildman–Crippen MR) is 69.1 cm³/mol. The monoisotopic (exact) mass is 242 g/mol. The van der Waals surface area contributed by atoms with E-state index in [9.17, 15) is 4.79 Å². The largest absolute Gasteiger partial charge is 0.444 e. The number of likely N-dealkylation sites (N-methyl/N-ethyl adjacent to an activating group) is 1. The zero-order valence-electron chi connectivity index (χ0n) is 11.7. The molecular formula is C13H26N2O2. The van der Waals surface area contributed by atoms with E-state index in [1.807, 2.05) is 20.8 Å². The van der Waals surface area contributed by atoms with Gasteiger partial charge < -0.3 is 15.0 Å². The Labute approximate surface area is 105 Å². The number of nitrogens with one attached hydrogen (secondary N) is 1. The summed E-state index contributed by atoms with van der Waals surface area (Å²) >= 11 is 0. The molecule has 1 N–H and O–H groups in total. The maximum Gasteiger partial charge on any atom is 0.410 e. The summed E-state index contributed by atoms with van der Waals surface area (Å²) in [5.41, 5.74) is -0.417. The molecule has 0 aromatic carbocycles. The molecule has 0 aliphatic heterocycles. The number of carbonyl (C=O) groups is 1. The summed E-state index contributed by atoms with van der Waals surface area (Å²) in [7, 11) is 1.78. The van der Waals surface area contributed by atoms with Gasteiger partial charge in [-0.25, -0.2) is 4.79 Å². The van der Waals surface area contributed by atoms with Gasteiger partial charge in [0.05, 0.1) is 0 Å². The topological polar surface area (TPSA) is 41.6 Å². The highest BCUT2D eigenvalue weighted by Crippen LogP contribution is 2.32. The van der Waals surface area contributed by atoms with Gasteiger partial charge in [0.25, 0.3) is 0 Å². The van der Waals surface area contributed by atoms with Crippen LogP contribution in [0.4, 0.5) is 4.79 Å². The summed E-state index contributed by atoms with van der Waals surface area (Å²) in [5.74, 6) is 0.849. The van der Waals surface area contributed by atoms with Gasteiger partial charge in [0, 0.05) is 26.2 Å². The normalized spacial score (nSPS) is 17.7. The molecule has 4 heteroatoms. The summed E-state index contributed by atoms with van der Waals surface area (Å²) < 4.78 is 5.28. The Hall–Kier alpha value is -0.770. The summed E-state index contributed by atoms with van der Waals surface area (Å²) in [4.78, 5) is 13.3. The summed E-state index contributed by atoms with van der Waals surface area (Å²) in [6, 6.07) is 0.571. The van der Waals surface area contributed by atoms with E-state index in [1.165, 1.54) is 12.8 Å². The van der Waals surface area contributed by atoms with Crippen molar-refractivity contribution < 1.29 is 9.53 Å². The first-order valence-corrected chi connectivity index (χ1v) is 6.47. The molecule has 17 heavy (non-hydrogen) atoms. The van der Waals surface area contributed by atoms with E-state index >= 15 is 0 Å². The zero-order valence-corrected chi connectivity index (χ0v) is 11.7. The Morgan fingerprint density at radius 3 is 2.53 bits per heavy atom. The molecule has 0 bridgehead atoms. The molecular weight excluding hydrogens is 216 g/mol. The van der Waals surface area contributed by atoms with Crippen LogP contribution in [0.1, 0.15) is 40.5 Å². The van der Waals surface area contributed by atoms with Gasteiger partial charge in [-0.15, -0.1) is 0 Å². The fourth-order valence-electron chi connectivity index (χ4n) is 1.65. The third kappa shape index (κ3) is 5.91. The number of hydrogen-bond donors (Lipinski definition) is 1. The molecule has 1 aliphatic carbocycles. The first-order valence-electron chi connectivity index (χ1n) is 6.47. The second-order valence-corrected chi connectivity index (χ2v) is 5.98. The third-order valence-corrected chi connectivity index (χ3v) is 2.95. The maximum atomic E-state index is 11.7. The number of carbonyl (C=O) groups excluding carboxylic acids is 1. The van der Waals surface area contributed by atoms with Crippen molar-refractivity contribution in [1.82, 2.24) is 10.2 Å². The van der Waals surface area contributed by atoms with Crippen LogP contribution in [0, 0.1) is 5.92 Å². The van der Waals surface area contributed by atoms with Crippen LogP contribution in [0.25, 0.3) is 0 Å². The SMILES string of the molecule is CC(NCCN(C)C(=O)OC(C)(C)C)C1CC1. The van der Waals surface area contributed by atoms with Crippen LogP contribution in [-0.4, -0.2) is 42.8 Å². The van der Waals surface area contributed by atoms with Crippen molar-refractivity contribution >= 4 is 6.09 Å². The fourth-order valence-corrected chi connectivity index (χ4v) is 1.65. The van der Waals surface area contributed by atoms with Gasteiger partial charge in [0.1, 0.15) is 5.60 Å². The first kappa shape index (κ1) is 14.3. The second kappa shape index (κ2) is 5.71. The lowest BCUT2D eigenvalue weighted by molar-refractivity contribution is 0.0299. The summed E-state index contributed by atoms with van der Waals surface area (Å²) in [5, 5.41) is 3.44. The van der Waals surface area contributed by atoms with E-state index in [-0.39, 0.29) is 6.09 Å². The van der Waals surface area contributed by atoms with Gasteiger partial charge in [-0.2, -0.15) is 0 Å². The van der Waals surface area contributed by atoms with Crippen molar-refractivity contribution in [3.8, 4) is 0 Å². The smallest absolute Gasteiger partial charge is 0.410 e. The van der Waals surface area contributed by atoms with Gasteiger partial charge in [-0.1, -0.05) is 0 Å². The minimum absolute atomic E-state index is 0.252. The van der Waals surface area contributed by atoms with Crippen molar-refractivity contribution in [3.05, 3.63) is 0 Å². The highest BCUT2D eigenvalue weighted by Gasteiger charge is 2.27. The van der Waals surface area contributed by atoms with E-state index in [0.717, 1.165) is 12.5 Å². The lowest BCUT2D eigenvalue weighted by atomic mass is 10.2. The van der Waals surface area contributed by atoms with Crippen molar-refractivity contribution in [2.24, 2.45) is 5.92 Å². The Morgan fingerprint density at radius 1 is 1.47 bits per heavy atom. The number of rotatable bonds is 5. The molecule has 0 aromatic heterocycles. The molecule has 100 valence electrons. The van der Waals surface area contributed by atoms with Gasteiger partial charge in [-0.3, -0.25) is 0 Å². The van der Waals surface area contributed by atoms with Crippen LogP contribution in [0.5, 0.6) is 0 Å². The lowest BCUT2D eigenvalue weighted by Gasteiger charge is -2.25. The van der Waals surface area contributed by atoms with Gasteiger partial charge >= 0.3 is 6.09 Å². The second-order valence-electron chi connectivity index (χ2n) is 5.98. The molecule has 1 unspecified atom stereocenters. The van der Waals surface area contributed by atoms with Crippen LogP contribution in [-0.2, 0) is 4.74 Å². The predicted octanol–water partition coefficient (Wildman–Crippen LogP) is 2.24. The van der Waals surface area contributed by atoms with E-state index in [4.69, 9.17) is 4.74 Å². The molecule has 1 rings (SSSR count). The van der Waals surface area contributed by atoms with E-state index in [1.54, 1.807) is 11.9 Å². The minimum atomic E-state index is -0.417. The summed E-state index contributed by atoms with van der Waals surface area (Å²) in [6.07, 6.45) is 2.44. The van der Waals surface area contributed by atoms with Crippen LogP contribution >= 0.6 is 0 Å². The number of nitrogens with zero attached hydrogens (tertiary/aromatic N) is 1. The van der Waals surface area contributed by atoms with Crippen LogP contribution in [0.3, 0.4) is 0 Å². The Bertz CT molecular complexity index is 257. The molecule has 1 aliphatic rings. The number of amides is 1. The highest BCUT2D eigenvalue weighted by atomic mass is 16.6. The van der Waals surface area contributed by atoms with Crippen molar-refractivity contribution in [3.63, 3.8) is 0 Å². The van der Waals surface area contributed by atoms with Gasteiger partial charge in [0.15, 0.2) is 0 Å². The van der Waals surface area contributed by atoms with Crippen LogP contribution in [0.15, 0.2) is 0 Å². The Balaban J connectivity index is 2.15. The number of ether oxygens (including phenoxy) is 1. The molecule has 0 heterocycles. The molecule has 0 saturated heterocycles. The number of hydrogen-bond acceptors (Lipinski definition) is 3. The molecule has 0 radical (unpaired) electrons. The van der Waals surface area contributed by atoms with E-state index in [2.05, 4.69) is 12.2 Å². The fraction of sp³-hybridized carbons (Fsp3) is 0.923. The standard InChI is InChI=1S/C13H26N2O2/c1-10(11-6-7-11)14-8-9-15(5)12(16)17-13(2,3)4/h10-11,14H,6-9H2,1-5H3. The van der Waals surface area contributed by atoms with Gasteiger partial charge in [-0.05, 0) is 46.5 Å². The molecule has 4 nitrogen and oxygen atoms in total. The molecule has 1 saturated carbocycles. The summed E-state index contributed by atoms with van der Waals surface area (Å²) in [6.45, 7) is 9.37. The molecule has 0 aromatic rings. The van der Waals surface area contributed by atoms with Crippen LogP contribution < -0.4 is 5.32 Å². The average Bonchev–Trinajstić information content (AvgIpc) is 2.97. The lowest BCUT2D eigenvalue weighted by Crippen LogP contribution is -2.40. The zero-order chi connectivity index (χ0) is 13.1. The maximum absolute atomic E-state index is 11.7. The minimum Gasteiger partial charge on any atom is -0.444 e. The van der Waals surface area contributed by atoms with Gasteiger partial charge in [0.2, 0.25) is 0 Å².